The topological polar surface area (TPSA) is 187 Å². The molecule has 1 N–H and O–H groups in total. The fourth-order valence-corrected chi connectivity index (χ4v) is 7.32. The molecule has 0 spiro atoms. The molecule has 1 aromatic heterocycles. The van der Waals surface area contributed by atoms with Crippen molar-refractivity contribution < 1.29 is 104 Å². The van der Waals surface area contributed by atoms with Crippen molar-refractivity contribution in [1.29, 1.82) is 0 Å². The van der Waals surface area contributed by atoms with Crippen molar-refractivity contribution >= 4 is 46.9 Å². The molecule has 0 bridgehead atoms. The van der Waals surface area contributed by atoms with E-state index in [4.69, 9.17) is 23.7 Å². The molecule has 2 aromatic rings. The van der Waals surface area contributed by atoms with Crippen LogP contribution in [0.5, 0.6) is 5.75 Å². The summed E-state index contributed by atoms with van der Waals surface area (Å²) in [5, 5.41) is 20.5. The van der Waals surface area contributed by atoms with Crippen LogP contribution in [0.15, 0.2) is 51.7 Å². The van der Waals surface area contributed by atoms with Crippen molar-refractivity contribution in [2.24, 2.45) is 22.7 Å². The molecule has 0 saturated heterocycles. The summed E-state index contributed by atoms with van der Waals surface area (Å²) >= 11 is 0. The van der Waals surface area contributed by atoms with Crippen LogP contribution in [0.4, 0.5) is 0 Å². The number of allylic oxidation sites excluding steroid dienone is 2. The summed E-state index contributed by atoms with van der Waals surface area (Å²) < 4.78 is 21.9. The van der Waals surface area contributed by atoms with Crippen LogP contribution in [0, 0.1) is 22.7 Å². The van der Waals surface area contributed by atoms with Crippen LogP contribution in [-0.4, -0.2) is 47.7 Å². The minimum absolute atomic E-state index is 0. The Morgan fingerprint density at radius 3 is 2.44 bits per heavy atom. The van der Waals surface area contributed by atoms with E-state index in [0.717, 1.165) is 5.57 Å². The van der Waals surface area contributed by atoms with Gasteiger partial charge in [-0.2, -0.15) is 0 Å². The van der Waals surface area contributed by atoms with E-state index in [-0.39, 0.29) is 100 Å². The summed E-state index contributed by atoms with van der Waals surface area (Å²) in [7, 11) is 0. The summed E-state index contributed by atoms with van der Waals surface area (Å²) in [5.41, 5.74) is -0.129. The van der Waals surface area contributed by atoms with E-state index in [1.54, 1.807) is 12.1 Å². The second-order valence-corrected chi connectivity index (χ2v) is 12.8. The van der Waals surface area contributed by atoms with Crippen LogP contribution in [0.2, 0.25) is 0 Å². The number of carbonyl (C=O) groups excluding carboxylic acids is 4. The maximum atomic E-state index is 12.7. The molecule has 252 valence electrons. The summed E-state index contributed by atoms with van der Waals surface area (Å²) in [5.74, 6) is -4.52. The number of carbonyl (C=O) groups is 5. The van der Waals surface area contributed by atoms with Gasteiger partial charge in [0, 0.05) is 41.7 Å². The first-order chi connectivity index (χ1) is 22.1. The zero-order valence-corrected chi connectivity index (χ0v) is 30.8. The Labute approximate surface area is 320 Å². The molecule has 48 heavy (non-hydrogen) atoms. The van der Waals surface area contributed by atoms with Gasteiger partial charge in [-0.3, -0.25) is 19.2 Å². The molecule has 2 aliphatic rings. The van der Waals surface area contributed by atoms with Crippen LogP contribution in [0.3, 0.4) is 0 Å². The Balaban J connectivity index is 0.00000625. The van der Waals surface area contributed by atoms with Gasteiger partial charge in [0.2, 0.25) is 0 Å². The average molecular weight is 691 g/mol. The number of carboxylic acids is 2. The molecule has 1 heterocycles. The first-order valence-electron chi connectivity index (χ1n) is 15.5. The Morgan fingerprint density at radius 2 is 1.77 bits per heavy atom. The van der Waals surface area contributed by atoms with Gasteiger partial charge in [-0.1, -0.05) is 38.2 Å². The van der Waals surface area contributed by atoms with Crippen molar-refractivity contribution in [2.75, 3.05) is 6.61 Å². The van der Waals surface area contributed by atoms with Gasteiger partial charge in [0.1, 0.15) is 24.0 Å². The standard InChI is InChI=1S/C35H40O12.K/c1-20-5-10-27-34(3,25(20)9-6-22-17-33(43)46-26-18-23(45-21(2)36)7-8-24(22)26)16-15-28(47-32(42)14-12-30(39)40)35(27,4)19-44-31(41)13-11-29(37)38;/h6-9,17-18,25,27-28H,1,5,10-16,19H2,2-4H3,(H,37,38)(H,39,40);/q;+1/p-1/b9-6+;/t25-,27?,28-,34+,35+;/m1./s1. The van der Waals surface area contributed by atoms with E-state index < -0.39 is 58.8 Å². The molecule has 0 radical (unpaired) electrons. The maximum Gasteiger partial charge on any atom is 1.00 e. The molecule has 2 saturated carbocycles. The van der Waals surface area contributed by atoms with Crippen molar-refractivity contribution in [3.8, 4) is 5.75 Å². The first kappa shape index (κ1) is 39.3. The number of carboxylic acid groups (broad SMARTS) is 2. The van der Waals surface area contributed by atoms with Gasteiger partial charge in [0.25, 0.3) is 0 Å². The van der Waals surface area contributed by atoms with Crippen molar-refractivity contribution in [1.82, 2.24) is 0 Å². The van der Waals surface area contributed by atoms with E-state index in [0.29, 0.717) is 36.6 Å². The fourth-order valence-electron chi connectivity index (χ4n) is 7.32. The van der Waals surface area contributed by atoms with Gasteiger partial charge in [0.05, 0.1) is 19.3 Å². The van der Waals surface area contributed by atoms with Crippen LogP contribution < -0.4 is 66.9 Å². The predicted molar refractivity (Wildman–Crippen MR) is 166 cm³/mol. The van der Waals surface area contributed by atoms with Crippen molar-refractivity contribution in [3.05, 3.63) is 58.5 Å². The molecule has 2 fully saturated rings. The quantitative estimate of drug-likeness (QED) is 0.110. The van der Waals surface area contributed by atoms with Crippen LogP contribution in [0.25, 0.3) is 17.0 Å². The number of hydrogen-bond donors (Lipinski definition) is 1. The molecule has 1 unspecified atom stereocenters. The first-order valence-corrected chi connectivity index (χ1v) is 15.5. The molecule has 1 aromatic carbocycles. The molecule has 0 aliphatic heterocycles. The third kappa shape index (κ3) is 9.32. The SMILES string of the molecule is C=C1CCC2[C@](C)(COC(=O)CCC(=O)[O-])[C@H](OC(=O)CCC(=O)O)CC[C@@]2(C)[C@@H]1/C=C/c1cc(=O)oc2cc(OC(C)=O)ccc12.[K+]. The van der Waals surface area contributed by atoms with E-state index >= 15 is 0 Å². The largest absolute Gasteiger partial charge is 1.00 e. The van der Waals surface area contributed by atoms with Crippen LogP contribution in [-0.2, 0) is 33.4 Å². The maximum absolute atomic E-state index is 12.7. The normalized spacial score (nSPS) is 25.1. The third-order valence-corrected chi connectivity index (χ3v) is 9.55. The Bertz CT molecular complexity index is 1680. The molecule has 5 atom stereocenters. The van der Waals surface area contributed by atoms with Gasteiger partial charge in [-0.25, -0.2) is 4.79 Å². The number of esters is 3. The Kier molecular flexibility index (Phi) is 13.5. The second kappa shape index (κ2) is 16.5. The third-order valence-electron chi connectivity index (χ3n) is 9.55. The summed E-state index contributed by atoms with van der Waals surface area (Å²) in [6.45, 7) is 9.48. The second-order valence-electron chi connectivity index (χ2n) is 12.8. The molecule has 0 amide bonds. The van der Waals surface area contributed by atoms with E-state index in [1.807, 2.05) is 19.1 Å². The minimum Gasteiger partial charge on any atom is -0.550 e. The predicted octanol–water partition coefficient (Wildman–Crippen LogP) is 0.974. The summed E-state index contributed by atoms with van der Waals surface area (Å²) in [4.78, 5) is 71.0. The van der Waals surface area contributed by atoms with Gasteiger partial charge in [-0.15, -0.1) is 0 Å². The van der Waals surface area contributed by atoms with Crippen molar-refractivity contribution in [3.63, 3.8) is 0 Å². The smallest absolute Gasteiger partial charge is 0.550 e. The average Bonchev–Trinajstić information content (AvgIpc) is 2.98. The molecule has 4 rings (SSSR count). The molecular weight excluding hydrogens is 651 g/mol. The molecule has 12 nitrogen and oxygen atoms in total. The van der Waals surface area contributed by atoms with Crippen molar-refractivity contribution in [2.45, 2.75) is 78.2 Å². The number of rotatable bonds is 12. The van der Waals surface area contributed by atoms with E-state index in [1.165, 1.54) is 19.1 Å². The van der Waals surface area contributed by atoms with Crippen LogP contribution >= 0.6 is 0 Å². The number of hydrogen-bond acceptors (Lipinski definition) is 11. The number of benzene rings is 1. The zero-order chi connectivity index (χ0) is 34.5. The number of ether oxygens (including phenoxy) is 3. The summed E-state index contributed by atoms with van der Waals surface area (Å²) in [6.07, 6.45) is 3.84. The number of fused-ring (bicyclic) bond motifs is 2. The van der Waals surface area contributed by atoms with E-state index in [2.05, 4.69) is 13.5 Å². The number of aliphatic carboxylic acids is 2. The van der Waals surface area contributed by atoms with Gasteiger partial charge < -0.3 is 33.6 Å². The van der Waals surface area contributed by atoms with Gasteiger partial charge in [-0.05, 0) is 61.1 Å². The Morgan fingerprint density at radius 1 is 1.06 bits per heavy atom. The molecular formula is C35H39KO12. The fraction of sp³-hybridized carbons (Fsp3) is 0.486. The molecule has 13 heteroatoms. The Hall–Kier alpha value is -3.10. The van der Waals surface area contributed by atoms with Gasteiger partial charge >= 0.3 is 80.9 Å². The van der Waals surface area contributed by atoms with Crippen LogP contribution in [0.1, 0.15) is 77.7 Å². The minimum atomic E-state index is -1.38. The van der Waals surface area contributed by atoms with Gasteiger partial charge in [0.15, 0.2) is 0 Å². The summed E-state index contributed by atoms with van der Waals surface area (Å²) in [6, 6.07) is 6.16. The molecule has 2 aliphatic carbocycles. The van der Waals surface area contributed by atoms with E-state index in [9.17, 15) is 33.9 Å². The zero-order valence-electron chi connectivity index (χ0n) is 27.7. The monoisotopic (exact) mass is 690 g/mol.